The first-order valence-corrected chi connectivity index (χ1v) is 4.95. The minimum absolute atomic E-state index is 0.134. The monoisotopic (exact) mass is 234 g/mol. The molecule has 2 atom stereocenters. The van der Waals surface area contributed by atoms with Crippen molar-refractivity contribution >= 4 is 11.6 Å². The molecule has 0 spiro atoms. The Hall–Kier alpha value is -0.680. The van der Waals surface area contributed by atoms with Gasteiger partial charge in [0.15, 0.2) is 0 Å². The Morgan fingerprint density at radius 1 is 1.33 bits per heavy atom. The largest absolute Gasteiger partial charge is 0.392 e. The van der Waals surface area contributed by atoms with Gasteiger partial charge in [-0.1, -0.05) is 12.1 Å². The molecule has 0 heterocycles. The molecule has 1 aromatic rings. The van der Waals surface area contributed by atoms with Gasteiger partial charge in [0.05, 0.1) is 18.6 Å². The molecule has 1 aromatic carbocycles. The first-order chi connectivity index (χ1) is 7.10. The van der Waals surface area contributed by atoms with Crippen LogP contribution in [0.25, 0.3) is 0 Å². The summed E-state index contributed by atoms with van der Waals surface area (Å²) >= 11 is 5.35. The molecule has 15 heavy (non-hydrogen) atoms. The maximum Gasteiger partial charge on any atom is 0.129 e. The second-order valence-electron chi connectivity index (χ2n) is 3.18. The van der Waals surface area contributed by atoms with Crippen LogP contribution < -0.4 is 0 Å². The lowest BCUT2D eigenvalue weighted by Crippen LogP contribution is -2.19. The predicted molar refractivity (Wildman–Crippen MR) is 54.0 cm³/mol. The lowest BCUT2D eigenvalue weighted by atomic mass is 10.0. The van der Waals surface area contributed by atoms with Crippen molar-refractivity contribution in [2.45, 2.75) is 18.8 Å². The summed E-state index contributed by atoms with van der Waals surface area (Å²) in [5.41, 5.74) is 0.379. The summed E-state index contributed by atoms with van der Waals surface area (Å²) in [6, 6.07) is 3.87. The van der Waals surface area contributed by atoms with Crippen molar-refractivity contribution in [2.24, 2.45) is 0 Å². The van der Waals surface area contributed by atoms with Crippen LogP contribution in [0, 0.1) is 5.82 Å². The van der Waals surface area contributed by atoms with E-state index < -0.39 is 24.6 Å². The van der Waals surface area contributed by atoms with Crippen LogP contribution in [0.4, 0.5) is 4.39 Å². The van der Waals surface area contributed by atoms with E-state index in [9.17, 15) is 14.6 Å². The topological polar surface area (TPSA) is 60.7 Å². The fourth-order valence-corrected chi connectivity index (χ4v) is 1.35. The van der Waals surface area contributed by atoms with Crippen molar-refractivity contribution in [1.82, 2.24) is 0 Å². The molecule has 0 radical (unpaired) electrons. The molecule has 3 nitrogen and oxygen atoms in total. The SMILES string of the molecule is OCc1ccc(C(O)C(O)CCl)cc1F. The summed E-state index contributed by atoms with van der Waals surface area (Å²) < 4.78 is 13.2. The Bertz CT molecular complexity index is 332. The van der Waals surface area contributed by atoms with Gasteiger partial charge in [0.1, 0.15) is 11.9 Å². The fourth-order valence-electron chi connectivity index (χ4n) is 1.18. The van der Waals surface area contributed by atoms with Gasteiger partial charge in [-0.3, -0.25) is 0 Å². The third-order valence-electron chi connectivity index (χ3n) is 2.11. The van der Waals surface area contributed by atoms with Gasteiger partial charge >= 0.3 is 0 Å². The van der Waals surface area contributed by atoms with E-state index in [0.717, 1.165) is 6.07 Å². The first kappa shape index (κ1) is 12.4. The van der Waals surface area contributed by atoms with Crippen LogP contribution in [-0.4, -0.2) is 27.3 Å². The lowest BCUT2D eigenvalue weighted by Gasteiger charge is -2.16. The number of aliphatic hydroxyl groups excluding tert-OH is 3. The molecule has 0 aliphatic rings. The van der Waals surface area contributed by atoms with Crippen molar-refractivity contribution in [1.29, 1.82) is 0 Å². The summed E-state index contributed by atoms with van der Waals surface area (Å²) in [6.45, 7) is -0.403. The normalized spacial score (nSPS) is 15.0. The maximum atomic E-state index is 13.2. The molecule has 1 rings (SSSR count). The molecule has 0 aliphatic carbocycles. The van der Waals surface area contributed by atoms with E-state index >= 15 is 0 Å². The van der Waals surface area contributed by atoms with E-state index in [1.165, 1.54) is 12.1 Å². The second-order valence-corrected chi connectivity index (χ2v) is 3.48. The molecule has 0 saturated heterocycles. The van der Waals surface area contributed by atoms with E-state index in [1.807, 2.05) is 0 Å². The average Bonchev–Trinajstić information content (AvgIpc) is 2.26. The highest BCUT2D eigenvalue weighted by Gasteiger charge is 2.18. The summed E-state index contributed by atoms with van der Waals surface area (Å²) in [7, 11) is 0. The minimum atomic E-state index is -1.22. The van der Waals surface area contributed by atoms with Gasteiger partial charge in [-0.05, 0) is 11.6 Å². The molecule has 0 fully saturated rings. The van der Waals surface area contributed by atoms with E-state index in [4.69, 9.17) is 16.7 Å². The maximum absolute atomic E-state index is 13.2. The van der Waals surface area contributed by atoms with Crippen LogP contribution in [0.1, 0.15) is 17.2 Å². The molecule has 84 valence electrons. The molecule has 0 aliphatic heterocycles. The van der Waals surface area contributed by atoms with Gasteiger partial charge < -0.3 is 15.3 Å². The zero-order valence-corrected chi connectivity index (χ0v) is 8.65. The van der Waals surface area contributed by atoms with Gasteiger partial charge in [-0.25, -0.2) is 4.39 Å². The molecule has 0 amide bonds. The number of rotatable bonds is 4. The van der Waals surface area contributed by atoms with Crippen molar-refractivity contribution in [2.75, 3.05) is 5.88 Å². The Labute approximate surface area is 91.7 Å². The summed E-state index contributed by atoms with van der Waals surface area (Å²) in [6.07, 6.45) is -2.35. The van der Waals surface area contributed by atoms with Gasteiger partial charge in [0, 0.05) is 5.56 Å². The average molecular weight is 235 g/mol. The van der Waals surface area contributed by atoms with E-state index in [-0.39, 0.29) is 17.0 Å². The van der Waals surface area contributed by atoms with Crippen LogP contribution in [0.3, 0.4) is 0 Å². The fraction of sp³-hybridized carbons (Fsp3) is 0.400. The molecule has 3 N–H and O–H groups in total. The second kappa shape index (κ2) is 5.42. The Kier molecular flexibility index (Phi) is 4.47. The number of halogens is 2. The third-order valence-corrected chi connectivity index (χ3v) is 2.43. The number of aliphatic hydroxyl groups is 3. The predicted octanol–water partition coefficient (Wildman–Crippen LogP) is 0.951. The molecule has 2 unspecified atom stereocenters. The smallest absolute Gasteiger partial charge is 0.129 e. The molecule has 0 bridgehead atoms. The zero-order chi connectivity index (χ0) is 11.4. The van der Waals surface area contributed by atoms with Crippen LogP contribution in [0.5, 0.6) is 0 Å². The summed E-state index contributed by atoms with van der Waals surface area (Å²) in [5, 5.41) is 27.5. The van der Waals surface area contributed by atoms with Crippen molar-refractivity contribution in [3.63, 3.8) is 0 Å². The number of hydrogen-bond donors (Lipinski definition) is 3. The van der Waals surface area contributed by atoms with Crippen molar-refractivity contribution in [3.05, 3.63) is 35.1 Å². The Morgan fingerprint density at radius 2 is 2.00 bits per heavy atom. The molecular formula is C10H12ClFO3. The van der Waals surface area contributed by atoms with Crippen LogP contribution in [0.2, 0.25) is 0 Å². The third kappa shape index (κ3) is 2.89. The quantitative estimate of drug-likeness (QED) is 0.680. The van der Waals surface area contributed by atoms with Gasteiger partial charge in [0.2, 0.25) is 0 Å². The molecule has 0 saturated carbocycles. The minimum Gasteiger partial charge on any atom is -0.392 e. The number of benzene rings is 1. The Morgan fingerprint density at radius 3 is 2.47 bits per heavy atom. The molecule has 5 heteroatoms. The standard InChI is InChI=1S/C10H12ClFO3/c11-4-9(14)10(15)6-1-2-7(5-13)8(12)3-6/h1-3,9-10,13-15H,4-5H2. The van der Waals surface area contributed by atoms with Gasteiger partial charge in [-0.15, -0.1) is 11.6 Å². The van der Waals surface area contributed by atoms with Crippen LogP contribution in [0.15, 0.2) is 18.2 Å². The number of hydrogen-bond acceptors (Lipinski definition) is 3. The highest BCUT2D eigenvalue weighted by molar-refractivity contribution is 6.18. The highest BCUT2D eigenvalue weighted by Crippen LogP contribution is 2.20. The van der Waals surface area contributed by atoms with E-state index in [2.05, 4.69) is 0 Å². The van der Waals surface area contributed by atoms with Gasteiger partial charge in [-0.2, -0.15) is 0 Å². The number of alkyl halides is 1. The van der Waals surface area contributed by atoms with Gasteiger partial charge in [0.25, 0.3) is 0 Å². The Balaban J connectivity index is 2.92. The molecular weight excluding hydrogens is 223 g/mol. The molecule has 0 aromatic heterocycles. The van der Waals surface area contributed by atoms with E-state index in [1.54, 1.807) is 0 Å². The first-order valence-electron chi connectivity index (χ1n) is 4.41. The zero-order valence-electron chi connectivity index (χ0n) is 7.90. The highest BCUT2D eigenvalue weighted by atomic mass is 35.5. The van der Waals surface area contributed by atoms with E-state index in [0.29, 0.717) is 0 Å². The van der Waals surface area contributed by atoms with Crippen molar-refractivity contribution < 1.29 is 19.7 Å². The summed E-state index contributed by atoms with van der Waals surface area (Å²) in [4.78, 5) is 0. The summed E-state index contributed by atoms with van der Waals surface area (Å²) in [5.74, 6) is -0.749. The lowest BCUT2D eigenvalue weighted by molar-refractivity contribution is 0.0325. The van der Waals surface area contributed by atoms with Crippen LogP contribution >= 0.6 is 11.6 Å². The van der Waals surface area contributed by atoms with Crippen LogP contribution in [-0.2, 0) is 6.61 Å². The van der Waals surface area contributed by atoms with Crippen molar-refractivity contribution in [3.8, 4) is 0 Å².